The lowest BCUT2D eigenvalue weighted by Gasteiger charge is -1.91. The van der Waals surface area contributed by atoms with Crippen molar-refractivity contribution in [3.8, 4) is 0 Å². The van der Waals surface area contributed by atoms with Gasteiger partial charge in [0.05, 0.1) is 0 Å². The molecule has 1 atom stereocenters. The Hall–Kier alpha value is 0.520. The number of rotatable bonds is 6. The van der Waals surface area contributed by atoms with E-state index in [2.05, 4.69) is 21.5 Å². The first-order chi connectivity index (χ1) is 5.45. The van der Waals surface area contributed by atoms with Crippen LogP contribution in [0, 0.1) is 0 Å². The molecule has 72 valence electrons. The SMILES string of the molecule is O=[P+](OCCCS)OP(=O)(O)O. The molecule has 6 nitrogen and oxygen atoms in total. The van der Waals surface area contributed by atoms with Gasteiger partial charge in [-0.2, -0.15) is 12.6 Å². The molecule has 0 saturated carbocycles. The molecule has 0 saturated heterocycles. The van der Waals surface area contributed by atoms with E-state index >= 15 is 0 Å². The van der Waals surface area contributed by atoms with Crippen LogP contribution in [0.25, 0.3) is 0 Å². The van der Waals surface area contributed by atoms with Crippen molar-refractivity contribution in [2.45, 2.75) is 6.42 Å². The van der Waals surface area contributed by atoms with Gasteiger partial charge in [-0.25, -0.2) is 4.57 Å². The maximum Gasteiger partial charge on any atom is 0.708 e. The van der Waals surface area contributed by atoms with E-state index in [1.54, 1.807) is 0 Å². The van der Waals surface area contributed by atoms with Crippen LogP contribution in [0.1, 0.15) is 6.42 Å². The van der Waals surface area contributed by atoms with Gasteiger partial charge >= 0.3 is 16.1 Å². The lowest BCUT2D eigenvalue weighted by molar-refractivity contribution is 0.241. The van der Waals surface area contributed by atoms with Crippen molar-refractivity contribution in [2.24, 2.45) is 0 Å². The molecule has 0 bridgehead atoms. The average Bonchev–Trinajstić information content (AvgIpc) is 1.84. The highest BCUT2D eigenvalue weighted by Crippen LogP contribution is 2.47. The van der Waals surface area contributed by atoms with E-state index in [-0.39, 0.29) is 6.61 Å². The number of phosphoric acid groups is 1. The van der Waals surface area contributed by atoms with Crippen LogP contribution in [-0.4, -0.2) is 22.1 Å². The molecule has 0 aromatic rings. The summed E-state index contributed by atoms with van der Waals surface area (Å²) in [5, 5.41) is 0. The first kappa shape index (κ1) is 12.5. The largest absolute Gasteiger partial charge is 0.708 e. The van der Waals surface area contributed by atoms with Gasteiger partial charge in [0.15, 0.2) is 0 Å². The van der Waals surface area contributed by atoms with Crippen LogP contribution in [0.5, 0.6) is 0 Å². The second-order valence-corrected chi connectivity index (χ2v) is 4.49. The molecule has 0 aromatic carbocycles. The topological polar surface area (TPSA) is 93.1 Å². The summed E-state index contributed by atoms with van der Waals surface area (Å²) in [5.74, 6) is 0.541. The maximum absolute atomic E-state index is 10.5. The van der Waals surface area contributed by atoms with Gasteiger partial charge in [-0.05, 0) is 16.5 Å². The Bertz CT molecular complexity index is 189. The zero-order chi connectivity index (χ0) is 9.61. The Morgan fingerprint density at radius 2 is 2.08 bits per heavy atom. The predicted octanol–water partition coefficient (Wildman–Crippen LogP) is 1.09. The van der Waals surface area contributed by atoms with Crippen LogP contribution >= 0.6 is 28.7 Å². The maximum atomic E-state index is 10.5. The minimum Gasteiger partial charge on any atom is -0.300 e. The zero-order valence-electron chi connectivity index (χ0n) is 5.99. The van der Waals surface area contributed by atoms with E-state index in [4.69, 9.17) is 9.79 Å². The summed E-state index contributed by atoms with van der Waals surface area (Å²) >= 11 is 3.84. The Kier molecular flexibility index (Phi) is 6.31. The van der Waals surface area contributed by atoms with E-state index in [9.17, 15) is 9.13 Å². The van der Waals surface area contributed by atoms with E-state index in [0.717, 1.165) is 0 Å². The van der Waals surface area contributed by atoms with Crippen molar-refractivity contribution in [1.29, 1.82) is 0 Å². The first-order valence-corrected chi connectivity index (χ1v) is 6.18. The van der Waals surface area contributed by atoms with E-state index in [1.807, 2.05) is 0 Å². The zero-order valence-corrected chi connectivity index (χ0v) is 8.67. The van der Waals surface area contributed by atoms with Gasteiger partial charge < -0.3 is 9.79 Å². The lowest BCUT2D eigenvalue weighted by Crippen LogP contribution is -1.88. The van der Waals surface area contributed by atoms with Crippen LogP contribution in [0.3, 0.4) is 0 Å². The molecule has 2 N–H and O–H groups in total. The van der Waals surface area contributed by atoms with Gasteiger partial charge in [-0.15, -0.1) is 4.52 Å². The molecule has 0 spiro atoms. The van der Waals surface area contributed by atoms with Crippen molar-refractivity contribution in [2.75, 3.05) is 12.4 Å². The van der Waals surface area contributed by atoms with Crippen LogP contribution in [0.15, 0.2) is 0 Å². The van der Waals surface area contributed by atoms with Crippen LogP contribution in [-0.2, 0) is 18.0 Å². The highest BCUT2D eigenvalue weighted by atomic mass is 32.1. The summed E-state index contributed by atoms with van der Waals surface area (Å²) in [6.45, 7) is 0.0959. The van der Waals surface area contributed by atoms with Crippen molar-refractivity contribution in [1.82, 2.24) is 0 Å². The summed E-state index contributed by atoms with van der Waals surface area (Å²) in [7, 11) is -7.43. The molecule has 0 aliphatic heterocycles. The first-order valence-electron chi connectivity index (χ1n) is 2.92. The van der Waals surface area contributed by atoms with E-state index in [0.29, 0.717) is 12.2 Å². The molecule has 0 aromatic heterocycles. The number of hydrogen-bond donors (Lipinski definition) is 3. The van der Waals surface area contributed by atoms with Gasteiger partial charge in [0.2, 0.25) is 0 Å². The molecule has 0 fully saturated rings. The summed E-state index contributed by atoms with van der Waals surface area (Å²) < 4.78 is 28.7. The fourth-order valence-electron chi connectivity index (χ4n) is 0.314. The predicted molar refractivity (Wildman–Crippen MR) is 45.2 cm³/mol. The quantitative estimate of drug-likeness (QED) is 0.362. The Morgan fingerprint density at radius 1 is 1.50 bits per heavy atom. The van der Waals surface area contributed by atoms with Gasteiger partial charge in [0, 0.05) is 4.57 Å². The third-order valence-electron chi connectivity index (χ3n) is 0.672. The van der Waals surface area contributed by atoms with Gasteiger partial charge in [0.25, 0.3) is 0 Å². The highest BCUT2D eigenvalue weighted by molar-refractivity contribution is 7.80. The highest BCUT2D eigenvalue weighted by Gasteiger charge is 2.33. The van der Waals surface area contributed by atoms with E-state index in [1.165, 1.54) is 0 Å². The summed E-state index contributed by atoms with van der Waals surface area (Å²) in [6.07, 6.45) is 0.536. The summed E-state index contributed by atoms with van der Waals surface area (Å²) in [5.41, 5.74) is 0. The Morgan fingerprint density at radius 3 is 2.50 bits per heavy atom. The van der Waals surface area contributed by atoms with Gasteiger partial charge in [-0.3, -0.25) is 0 Å². The molecule has 0 rings (SSSR count). The Balaban J connectivity index is 3.54. The van der Waals surface area contributed by atoms with Gasteiger partial charge in [-0.1, -0.05) is 0 Å². The second-order valence-electron chi connectivity index (χ2n) is 1.71. The van der Waals surface area contributed by atoms with Crippen LogP contribution in [0.4, 0.5) is 0 Å². The minimum absolute atomic E-state index is 0.0959. The minimum atomic E-state index is -4.70. The molecule has 0 aliphatic carbocycles. The summed E-state index contributed by atoms with van der Waals surface area (Å²) in [4.78, 5) is 16.3. The second kappa shape index (κ2) is 6.05. The van der Waals surface area contributed by atoms with Crippen LogP contribution in [0.2, 0.25) is 0 Å². The molecular weight excluding hydrogens is 226 g/mol. The molecule has 12 heavy (non-hydrogen) atoms. The molecule has 0 heterocycles. The smallest absolute Gasteiger partial charge is 0.300 e. The fourth-order valence-corrected chi connectivity index (χ4v) is 1.60. The monoisotopic (exact) mass is 235 g/mol. The van der Waals surface area contributed by atoms with Crippen molar-refractivity contribution in [3.63, 3.8) is 0 Å². The number of thiol groups is 1. The van der Waals surface area contributed by atoms with Crippen molar-refractivity contribution in [3.05, 3.63) is 0 Å². The Labute approximate surface area is 75.9 Å². The molecule has 0 amide bonds. The fraction of sp³-hybridized carbons (Fsp3) is 1.00. The normalized spacial score (nSPS) is 13.1. The third kappa shape index (κ3) is 8.62. The molecule has 9 heteroatoms. The summed E-state index contributed by atoms with van der Waals surface area (Å²) in [6, 6.07) is 0. The van der Waals surface area contributed by atoms with Crippen LogP contribution < -0.4 is 0 Å². The molecule has 0 radical (unpaired) electrons. The molecular formula is C3H9O6P2S+. The van der Waals surface area contributed by atoms with Crippen molar-refractivity contribution >= 4 is 28.7 Å². The molecule has 0 aliphatic rings. The van der Waals surface area contributed by atoms with Crippen molar-refractivity contribution < 1.29 is 27.8 Å². The average molecular weight is 235 g/mol. The number of hydrogen-bond acceptors (Lipinski definition) is 5. The standard InChI is InChI=1S/C3H8O6P2S/c4-10(8-2-1-3-12)9-11(5,6)7/h1-3H2,(H2-,5,6,7,12)/p+1. The van der Waals surface area contributed by atoms with Gasteiger partial charge in [0.1, 0.15) is 6.61 Å². The lowest BCUT2D eigenvalue weighted by atomic mass is 10.5. The molecule has 1 unspecified atom stereocenters. The van der Waals surface area contributed by atoms with E-state index < -0.39 is 16.1 Å². The third-order valence-corrected chi connectivity index (χ3v) is 2.77.